The summed E-state index contributed by atoms with van der Waals surface area (Å²) in [5.74, 6) is -0.440. The molecule has 0 radical (unpaired) electrons. The Balaban J connectivity index is 3.27. The zero-order valence-electron chi connectivity index (χ0n) is 4.84. The normalized spacial score (nSPS) is 9.44. The summed E-state index contributed by atoms with van der Waals surface area (Å²) >= 11 is 5.13. The van der Waals surface area contributed by atoms with Crippen LogP contribution in [0.15, 0.2) is 24.3 Å². The first-order valence-corrected chi connectivity index (χ1v) is 2.79. The Kier molecular flexibility index (Phi) is 4.92. The highest BCUT2D eigenvalue weighted by Crippen LogP contribution is 1.82. The maximum atomic E-state index is 10.3. The van der Waals surface area contributed by atoms with Gasteiger partial charge in [0.25, 0.3) is 0 Å². The molecule has 0 heterocycles. The minimum absolute atomic E-state index is 0.203. The van der Waals surface area contributed by atoms with Crippen LogP contribution in [0.5, 0.6) is 0 Å². The second-order valence-corrected chi connectivity index (χ2v) is 1.45. The minimum Gasteiger partial charge on any atom is -0.458 e. The lowest BCUT2D eigenvalue weighted by atomic mass is 10.6. The fourth-order valence-corrected chi connectivity index (χ4v) is 0.298. The summed E-state index contributed by atoms with van der Waals surface area (Å²) in [6.45, 7) is 3.41. The molecule has 3 heteroatoms. The molecule has 0 amide bonds. The molecule has 0 N–H and O–H groups in total. The Hall–Kier alpha value is -0.760. The van der Waals surface area contributed by atoms with Gasteiger partial charge in [-0.2, -0.15) is 0 Å². The van der Waals surface area contributed by atoms with Crippen molar-refractivity contribution < 1.29 is 9.53 Å². The van der Waals surface area contributed by atoms with Crippen molar-refractivity contribution in [3.8, 4) is 0 Å². The van der Waals surface area contributed by atoms with E-state index in [1.165, 1.54) is 11.6 Å². The van der Waals surface area contributed by atoms with E-state index in [9.17, 15) is 4.79 Å². The van der Waals surface area contributed by atoms with E-state index in [0.717, 1.165) is 6.08 Å². The minimum atomic E-state index is -0.440. The monoisotopic (exact) mass is 146 g/mol. The summed E-state index contributed by atoms with van der Waals surface area (Å²) in [6, 6.07) is 0. The third-order valence-electron chi connectivity index (χ3n) is 0.578. The highest BCUT2D eigenvalue weighted by molar-refractivity contribution is 6.25. The van der Waals surface area contributed by atoms with Crippen LogP contribution in [0.4, 0.5) is 0 Å². The van der Waals surface area contributed by atoms with Gasteiger partial charge in [-0.3, -0.25) is 0 Å². The summed E-state index contributed by atoms with van der Waals surface area (Å²) in [7, 11) is 0. The molecule has 0 aromatic carbocycles. The van der Waals surface area contributed by atoms with Crippen LogP contribution in [0.3, 0.4) is 0 Å². The highest BCUT2D eigenvalue weighted by Gasteiger charge is 1.88. The number of rotatable bonds is 3. The smallest absolute Gasteiger partial charge is 0.330 e. The average Bonchev–Trinajstić information content (AvgIpc) is 1.89. The van der Waals surface area contributed by atoms with Crippen LogP contribution >= 0.6 is 11.6 Å². The lowest BCUT2D eigenvalue weighted by molar-refractivity contribution is -0.136. The second-order valence-electron chi connectivity index (χ2n) is 1.20. The fraction of sp³-hybridized carbons (Fsp3) is 0.167. The van der Waals surface area contributed by atoms with Crippen molar-refractivity contribution in [2.75, 3.05) is 6.61 Å². The van der Waals surface area contributed by atoms with Crippen molar-refractivity contribution in [2.45, 2.75) is 0 Å². The van der Waals surface area contributed by atoms with Gasteiger partial charge in [-0.1, -0.05) is 18.2 Å². The summed E-state index contributed by atoms with van der Waals surface area (Å²) < 4.78 is 4.50. The second kappa shape index (κ2) is 5.38. The first kappa shape index (κ1) is 8.24. The molecule has 0 saturated heterocycles. The van der Waals surface area contributed by atoms with Gasteiger partial charge in [-0.05, 0) is 6.08 Å². The van der Waals surface area contributed by atoms with E-state index in [2.05, 4.69) is 11.3 Å². The van der Waals surface area contributed by atoms with Crippen molar-refractivity contribution in [1.82, 2.24) is 0 Å². The molecule has 0 aliphatic rings. The number of ether oxygens (including phenoxy) is 1. The van der Waals surface area contributed by atoms with E-state index in [1.807, 2.05) is 0 Å². The van der Waals surface area contributed by atoms with Gasteiger partial charge < -0.3 is 4.74 Å². The molecule has 0 aromatic rings. The maximum Gasteiger partial charge on any atom is 0.330 e. The van der Waals surface area contributed by atoms with Gasteiger partial charge in [-0.25, -0.2) is 4.79 Å². The molecule has 0 unspecified atom stereocenters. The molecule has 0 aliphatic carbocycles. The molecular weight excluding hydrogens is 140 g/mol. The van der Waals surface area contributed by atoms with E-state index in [4.69, 9.17) is 11.6 Å². The lowest BCUT2D eigenvalue weighted by Gasteiger charge is -1.92. The van der Waals surface area contributed by atoms with E-state index in [0.29, 0.717) is 0 Å². The average molecular weight is 147 g/mol. The Morgan fingerprint density at radius 3 is 2.89 bits per heavy atom. The molecule has 0 bridgehead atoms. The van der Waals surface area contributed by atoms with Crippen molar-refractivity contribution in [1.29, 1.82) is 0 Å². The Bertz CT molecular complexity index is 129. The van der Waals surface area contributed by atoms with Gasteiger partial charge in [0.1, 0.15) is 6.61 Å². The summed E-state index contributed by atoms with van der Waals surface area (Å²) in [6.07, 6.45) is 2.62. The molecule has 2 nitrogen and oxygen atoms in total. The van der Waals surface area contributed by atoms with Crippen LogP contribution in [0.2, 0.25) is 0 Å². The van der Waals surface area contributed by atoms with Crippen molar-refractivity contribution in [3.05, 3.63) is 24.3 Å². The van der Waals surface area contributed by atoms with E-state index < -0.39 is 5.97 Å². The van der Waals surface area contributed by atoms with Crippen molar-refractivity contribution in [3.63, 3.8) is 0 Å². The van der Waals surface area contributed by atoms with E-state index in [1.54, 1.807) is 0 Å². The van der Waals surface area contributed by atoms with E-state index >= 15 is 0 Å². The van der Waals surface area contributed by atoms with E-state index in [-0.39, 0.29) is 6.61 Å². The van der Waals surface area contributed by atoms with Crippen LogP contribution in [0.25, 0.3) is 0 Å². The van der Waals surface area contributed by atoms with Crippen molar-refractivity contribution >= 4 is 17.6 Å². The lowest BCUT2D eigenvalue weighted by Crippen LogP contribution is -1.98. The zero-order valence-corrected chi connectivity index (χ0v) is 5.60. The summed E-state index contributed by atoms with van der Waals surface area (Å²) in [4.78, 5) is 10.3. The number of halogens is 1. The molecule has 9 heavy (non-hydrogen) atoms. The first-order valence-electron chi connectivity index (χ1n) is 2.35. The molecule has 0 spiro atoms. The van der Waals surface area contributed by atoms with Crippen molar-refractivity contribution in [2.24, 2.45) is 0 Å². The SMILES string of the molecule is C=CC(=O)OC/C=C/Cl. The fourth-order valence-electron chi connectivity index (χ4n) is 0.226. The Morgan fingerprint density at radius 1 is 1.78 bits per heavy atom. The molecule has 0 atom stereocenters. The van der Waals surface area contributed by atoms with Gasteiger partial charge >= 0.3 is 5.97 Å². The van der Waals surface area contributed by atoms with Crippen LogP contribution in [0, 0.1) is 0 Å². The predicted molar refractivity (Wildman–Crippen MR) is 36.1 cm³/mol. The highest BCUT2D eigenvalue weighted by atomic mass is 35.5. The quantitative estimate of drug-likeness (QED) is 0.445. The number of carbonyl (C=O) groups excluding carboxylic acids is 1. The number of esters is 1. The van der Waals surface area contributed by atoms with Crippen LogP contribution in [0.1, 0.15) is 0 Å². The molecule has 0 aliphatic heterocycles. The van der Waals surface area contributed by atoms with Crippen LogP contribution in [-0.4, -0.2) is 12.6 Å². The van der Waals surface area contributed by atoms with Gasteiger partial charge in [0, 0.05) is 11.6 Å². The van der Waals surface area contributed by atoms with Crippen LogP contribution < -0.4 is 0 Å². The predicted octanol–water partition coefficient (Wildman–Crippen LogP) is 1.47. The largest absolute Gasteiger partial charge is 0.458 e. The maximum absolute atomic E-state index is 10.3. The van der Waals surface area contributed by atoms with Gasteiger partial charge in [-0.15, -0.1) is 0 Å². The van der Waals surface area contributed by atoms with Gasteiger partial charge in [0.2, 0.25) is 0 Å². The summed E-state index contributed by atoms with van der Waals surface area (Å²) in [5.41, 5.74) is 1.29. The molecule has 0 saturated carbocycles. The standard InChI is InChI=1S/C6H7ClO2/c1-2-6(8)9-5-3-4-7/h2-4H,1,5H2/b4-3+. The molecule has 50 valence electrons. The van der Waals surface area contributed by atoms with Gasteiger partial charge in [0.15, 0.2) is 0 Å². The third-order valence-corrected chi connectivity index (χ3v) is 0.756. The Morgan fingerprint density at radius 2 is 2.44 bits per heavy atom. The van der Waals surface area contributed by atoms with Gasteiger partial charge in [0.05, 0.1) is 0 Å². The molecule has 0 rings (SSSR count). The third kappa shape index (κ3) is 5.11. The topological polar surface area (TPSA) is 26.3 Å². The molecule has 0 fully saturated rings. The molecular formula is C6H7ClO2. The number of hydrogen-bond donors (Lipinski definition) is 0. The Labute approximate surface area is 58.8 Å². The molecule has 0 aromatic heterocycles. The number of carbonyl (C=O) groups is 1. The number of hydrogen-bond acceptors (Lipinski definition) is 2. The van der Waals surface area contributed by atoms with Crippen LogP contribution in [-0.2, 0) is 9.53 Å². The zero-order chi connectivity index (χ0) is 7.11. The summed E-state index contributed by atoms with van der Waals surface area (Å²) in [5, 5.41) is 0. The first-order chi connectivity index (χ1) is 4.31.